The largest absolute Gasteiger partial charge is 0.462 e. The number of nitrogens with zero attached hydrogens (tertiary/aromatic N) is 1. The number of carbonyl (C=O) groups is 3. The summed E-state index contributed by atoms with van der Waals surface area (Å²) in [5.41, 5.74) is 0.828. The lowest BCUT2D eigenvalue weighted by Crippen LogP contribution is -2.63. The fraction of sp³-hybridized carbons (Fsp3) is 0.719. The Bertz CT molecular complexity index is 1030. The van der Waals surface area contributed by atoms with Crippen molar-refractivity contribution in [2.75, 3.05) is 13.2 Å². The van der Waals surface area contributed by atoms with Crippen molar-refractivity contribution in [2.45, 2.75) is 135 Å². The molecule has 3 rings (SSSR count). The van der Waals surface area contributed by atoms with E-state index in [-0.39, 0.29) is 71.7 Å². The third kappa shape index (κ3) is 9.03. The van der Waals surface area contributed by atoms with Gasteiger partial charge in [-0.3, -0.25) is 14.5 Å². The number of ether oxygens (including phenoxy) is 3. The number of likely N-dealkylation sites (tertiary alicyclic amines) is 1. The number of hydrogen-bond donors (Lipinski definition) is 1. The molecular formula is C32H50N2O6. The van der Waals surface area contributed by atoms with E-state index in [1.165, 1.54) is 0 Å². The number of aryl methyl sites for hydroxylation is 1. The number of piperidine rings is 2. The fourth-order valence-electron chi connectivity index (χ4n) is 6.92. The first-order valence-electron chi connectivity index (χ1n) is 14.6. The molecule has 0 aromatic heterocycles. The van der Waals surface area contributed by atoms with E-state index in [1.54, 1.807) is 12.1 Å². The molecular weight excluding hydrogens is 508 g/mol. The van der Waals surface area contributed by atoms with Crippen molar-refractivity contribution < 1.29 is 28.6 Å². The van der Waals surface area contributed by atoms with Crippen LogP contribution in [0.4, 0.5) is 0 Å². The lowest BCUT2D eigenvalue weighted by molar-refractivity contribution is -0.165. The molecule has 2 saturated heterocycles. The van der Waals surface area contributed by atoms with Crippen molar-refractivity contribution in [3.8, 4) is 0 Å². The van der Waals surface area contributed by atoms with Gasteiger partial charge in [-0.15, -0.1) is 0 Å². The average molecular weight is 559 g/mol. The molecule has 1 aromatic carbocycles. The Morgan fingerprint density at radius 3 is 1.70 bits per heavy atom. The van der Waals surface area contributed by atoms with Gasteiger partial charge < -0.3 is 19.5 Å². The minimum absolute atomic E-state index is 0.00657. The molecule has 224 valence electrons. The number of nitrogens with one attached hydrogen (secondary N) is 1. The number of hydrogen-bond acceptors (Lipinski definition) is 8. The monoisotopic (exact) mass is 558 g/mol. The standard InChI is InChI=1S/C32H50N2O6/c1-22-10-12-23(13-11-22)28(37)38-17-16-34-31(6,7)20-25(21-32(34,8)9)40-27(36)15-14-26(35)39-24-18-29(2,3)33-30(4,5)19-24/h10-13,24-25,33H,14-21H2,1-9H3. The van der Waals surface area contributed by atoms with Crippen LogP contribution in [0.5, 0.6) is 0 Å². The first-order valence-corrected chi connectivity index (χ1v) is 14.6. The summed E-state index contributed by atoms with van der Waals surface area (Å²) in [6.07, 6.45) is 2.37. The van der Waals surface area contributed by atoms with Gasteiger partial charge >= 0.3 is 17.9 Å². The van der Waals surface area contributed by atoms with Gasteiger partial charge in [0, 0.05) is 54.4 Å². The second-order valence-electron chi connectivity index (χ2n) is 14.2. The van der Waals surface area contributed by atoms with Gasteiger partial charge in [-0.2, -0.15) is 0 Å². The average Bonchev–Trinajstić information content (AvgIpc) is 2.77. The summed E-state index contributed by atoms with van der Waals surface area (Å²) < 4.78 is 17.2. The predicted molar refractivity (Wildman–Crippen MR) is 155 cm³/mol. The van der Waals surface area contributed by atoms with Crippen molar-refractivity contribution in [1.29, 1.82) is 0 Å². The molecule has 0 unspecified atom stereocenters. The maximum atomic E-state index is 12.7. The topological polar surface area (TPSA) is 94.2 Å². The molecule has 0 bridgehead atoms. The van der Waals surface area contributed by atoms with Crippen LogP contribution >= 0.6 is 0 Å². The second kappa shape index (κ2) is 12.2. The highest BCUT2D eigenvalue weighted by atomic mass is 16.6. The van der Waals surface area contributed by atoms with Crippen LogP contribution in [0, 0.1) is 6.92 Å². The first kappa shape index (κ1) is 32.1. The molecule has 2 fully saturated rings. The van der Waals surface area contributed by atoms with E-state index >= 15 is 0 Å². The molecule has 0 aliphatic carbocycles. The molecule has 8 heteroatoms. The van der Waals surface area contributed by atoms with E-state index in [1.807, 2.05) is 19.1 Å². The Balaban J connectivity index is 1.46. The van der Waals surface area contributed by atoms with Crippen molar-refractivity contribution in [3.05, 3.63) is 35.4 Å². The Hall–Kier alpha value is -2.45. The third-order valence-corrected chi connectivity index (χ3v) is 8.03. The highest BCUT2D eigenvalue weighted by molar-refractivity contribution is 5.89. The van der Waals surface area contributed by atoms with Gasteiger partial charge in [0.2, 0.25) is 0 Å². The van der Waals surface area contributed by atoms with Gasteiger partial charge in [0.05, 0.1) is 18.4 Å². The Morgan fingerprint density at radius 2 is 1.23 bits per heavy atom. The lowest BCUT2D eigenvalue weighted by atomic mass is 9.78. The molecule has 1 N–H and O–H groups in total. The van der Waals surface area contributed by atoms with Crippen molar-refractivity contribution in [3.63, 3.8) is 0 Å². The molecule has 0 spiro atoms. The molecule has 2 heterocycles. The van der Waals surface area contributed by atoms with Crippen LogP contribution in [0.2, 0.25) is 0 Å². The minimum Gasteiger partial charge on any atom is -0.462 e. The minimum atomic E-state index is -0.375. The molecule has 2 aliphatic rings. The molecule has 2 aliphatic heterocycles. The van der Waals surface area contributed by atoms with Crippen molar-refractivity contribution in [2.24, 2.45) is 0 Å². The van der Waals surface area contributed by atoms with E-state index in [9.17, 15) is 14.4 Å². The molecule has 0 atom stereocenters. The predicted octanol–water partition coefficient (Wildman–Crippen LogP) is 5.35. The van der Waals surface area contributed by atoms with Gasteiger partial charge in [0.15, 0.2) is 0 Å². The molecule has 0 amide bonds. The van der Waals surface area contributed by atoms with Crippen LogP contribution in [-0.2, 0) is 23.8 Å². The van der Waals surface area contributed by atoms with Crippen LogP contribution < -0.4 is 5.32 Å². The van der Waals surface area contributed by atoms with Crippen LogP contribution in [0.25, 0.3) is 0 Å². The SMILES string of the molecule is Cc1ccc(C(=O)OCCN2C(C)(C)CC(OC(=O)CCC(=O)OC3CC(C)(C)NC(C)(C)C3)CC2(C)C)cc1. The zero-order valence-electron chi connectivity index (χ0n) is 26.0. The van der Waals surface area contributed by atoms with Gasteiger partial charge in [-0.25, -0.2) is 4.79 Å². The summed E-state index contributed by atoms with van der Waals surface area (Å²) in [5, 5.41) is 3.58. The molecule has 0 radical (unpaired) electrons. The highest BCUT2D eigenvalue weighted by Gasteiger charge is 2.46. The molecule has 1 aromatic rings. The lowest BCUT2D eigenvalue weighted by Gasteiger charge is -2.54. The molecule has 8 nitrogen and oxygen atoms in total. The normalized spacial score (nSPS) is 22.3. The van der Waals surface area contributed by atoms with E-state index in [0.717, 1.165) is 18.4 Å². The van der Waals surface area contributed by atoms with Gasteiger partial charge in [-0.1, -0.05) is 17.7 Å². The maximum Gasteiger partial charge on any atom is 0.338 e. The van der Waals surface area contributed by atoms with Gasteiger partial charge in [0.1, 0.15) is 18.8 Å². The summed E-state index contributed by atoms with van der Waals surface area (Å²) in [6, 6.07) is 7.35. The van der Waals surface area contributed by atoms with Gasteiger partial charge in [0.25, 0.3) is 0 Å². The van der Waals surface area contributed by atoms with Gasteiger partial charge in [-0.05, 0) is 74.4 Å². The highest BCUT2D eigenvalue weighted by Crippen LogP contribution is 2.39. The third-order valence-electron chi connectivity index (χ3n) is 8.03. The summed E-state index contributed by atoms with van der Waals surface area (Å²) >= 11 is 0. The van der Waals surface area contributed by atoms with E-state index < -0.39 is 0 Å². The quantitative estimate of drug-likeness (QED) is 0.320. The number of esters is 3. The van der Waals surface area contributed by atoms with Crippen LogP contribution in [-0.4, -0.2) is 70.3 Å². The number of carbonyl (C=O) groups excluding carboxylic acids is 3. The summed E-state index contributed by atoms with van der Waals surface area (Å²) in [6.45, 7) is 19.8. The van der Waals surface area contributed by atoms with E-state index in [0.29, 0.717) is 24.9 Å². The zero-order valence-corrected chi connectivity index (χ0v) is 26.0. The Labute approximate surface area is 240 Å². The van der Waals surface area contributed by atoms with Crippen molar-refractivity contribution >= 4 is 17.9 Å². The molecule has 40 heavy (non-hydrogen) atoms. The summed E-state index contributed by atoms with van der Waals surface area (Å²) in [7, 11) is 0. The Morgan fingerprint density at radius 1 is 0.775 bits per heavy atom. The van der Waals surface area contributed by atoms with Crippen LogP contribution in [0.15, 0.2) is 24.3 Å². The number of benzene rings is 1. The fourth-order valence-corrected chi connectivity index (χ4v) is 6.92. The number of rotatable bonds is 9. The summed E-state index contributed by atoms with van der Waals surface area (Å²) in [4.78, 5) is 40.0. The van der Waals surface area contributed by atoms with Crippen LogP contribution in [0.1, 0.15) is 110 Å². The smallest absolute Gasteiger partial charge is 0.338 e. The van der Waals surface area contributed by atoms with E-state index in [4.69, 9.17) is 14.2 Å². The maximum absolute atomic E-state index is 12.7. The van der Waals surface area contributed by atoms with Crippen LogP contribution in [0.3, 0.4) is 0 Å². The first-order chi connectivity index (χ1) is 18.4. The summed E-state index contributed by atoms with van der Waals surface area (Å²) in [5.74, 6) is -1.06. The Kier molecular flexibility index (Phi) is 9.78. The molecule has 0 saturated carbocycles. The van der Waals surface area contributed by atoms with Crippen molar-refractivity contribution in [1.82, 2.24) is 10.2 Å². The zero-order chi connectivity index (χ0) is 29.9. The second-order valence-corrected chi connectivity index (χ2v) is 14.2. The van der Waals surface area contributed by atoms with E-state index in [2.05, 4.69) is 65.6 Å².